The van der Waals surface area contributed by atoms with Crippen LogP contribution in [0.5, 0.6) is 0 Å². The fourth-order valence-electron chi connectivity index (χ4n) is 2.33. The molecule has 2 rings (SSSR count). The van der Waals surface area contributed by atoms with Crippen molar-refractivity contribution in [2.24, 2.45) is 5.92 Å². The van der Waals surface area contributed by atoms with E-state index in [-0.39, 0.29) is 11.9 Å². The van der Waals surface area contributed by atoms with Crippen LogP contribution < -0.4 is 5.32 Å². The first-order valence-corrected chi connectivity index (χ1v) is 6.19. The molecule has 0 unspecified atom stereocenters. The second-order valence-electron chi connectivity index (χ2n) is 4.59. The molecule has 0 saturated heterocycles. The van der Waals surface area contributed by atoms with Crippen molar-refractivity contribution >= 4 is 11.9 Å². The highest BCUT2D eigenvalue weighted by Gasteiger charge is 2.34. The Bertz CT molecular complexity index is 455. The molecule has 1 aliphatic rings. The predicted molar refractivity (Wildman–Crippen MR) is 64.2 cm³/mol. The zero-order valence-electron chi connectivity index (χ0n) is 10.3. The number of aromatic nitrogens is 2. The lowest BCUT2D eigenvalue weighted by Crippen LogP contribution is -2.40. The van der Waals surface area contributed by atoms with E-state index in [1.807, 2.05) is 6.92 Å². The minimum Gasteiger partial charge on any atom is -0.481 e. The van der Waals surface area contributed by atoms with Gasteiger partial charge in [-0.2, -0.15) is 5.10 Å². The van der Waals surface area contributed by atoms with E-state index in [9.17, 15) is 9.59 Å². The molecule has 0 aromatic carbocycles. The number of carbonyl (C=O) groups is 2. The highest BCUT2D eigenvalue weighted by atomic mass is 16.4. The molecular weight excluding hydrogens is 234 g/mol. The Labute approximate surface area is 105 Å². The minimum absolute atomic E-state index is 0.281. The van der Waals surface area contributed by atoms with Crippen molar-refractivity contribution in [3.63, 3.8) is 0 Å². The smallest absolute Gasteiger partial charge is 0.308 e. The third kappa shape index (κ3) is 2.52. The topological polar surface area (TPSA) is 95.1 Å². The lowest BCUT2D eigenvalue weighted by molar-refractivity contribution is -0.142. The second kappa shape index (κ2) is 5.20. The van der Waals surface area contributed by atoms with Crippen LogP contribution in [-0.2, 0) is 11.2 Å². The van der Waals surface area contributed by atoms with Gasteiger partial charge in [-0.3, -0.25) is 14.7 Å². The Hall–Kier alpha value is -1.85. The third-order valence-corrected chi connectivity index (χ3v) is 3.39. The lowest BCUT2D eigenvalue weighted by atomic mass is 10.0. The Morgan fingerprint density at radius 3 is 2.94 bits per heavy atom. The van der Waals surface area contributed by atoms with Gasteiger partial charge in [0, 0.05) is 11.7 Å². The molecule has 1 aromatic heterocycles. The van der Waals surface area contributed by atoms with Gasteiger partial charge in [0.25, 0.3) is 5.91 Å². The summed E-state index contributed by atoms with van der Waals surface area (Å²) in [7, 11) is 0. The normalized spacial score (nSPS) is 22.9. The van der Waals surface area contributed by atoms with Gasteiger partial charge in [-0.25, -0.2) is 0 Å². The number of aliphatic carboxylic acids is 1. The zero-order chi connectivity index (χ0) is 13.1. The fourth-order valence-corrected chi connectivity index (χ4v) is 2.33. The highest BCUT2D eigenvalue weighted by molar-refractivity contribution is 5.93. The van der Waals surface area contributed by atoms with Crippen molar-refractivity contribution in [3.8, 4) is 0 Å². The third-order valence-electron chi connectivity index (χ3n) is 3.39. The maximum Gasteiger partial charge on any atom is 0.308 e. The first-order valence-electron chi connectivity index (χ1n) is 6.19. The van der Waals surface area contributed by atoms with Crippen molar-refractivity contribution in [3.05, 3.63) is 17.5 Å². The number of carboxylic acids is 1. The summed E-state index contributed by atoms with van der Waals surface area (Å²) in [6.07, 6.45) is 2.96. The molecular formula is C12H17N3O3. The summed E-state index contributed by atoms with van der Waals surface area (Å²) >= 11 is 0. The van der Waals surface area contributed by atoms with Crippen LogP contribution in [0.4, 0.5) is 0 Å². The average Bonchev–Trinajstić information content (AvgIpc) is 2.96. The summed E-state index contributed by atoms with van der Waals surface area (Å²) in [6.45, 7) is 1.96. The maximum absolute atomic E-state index is 11.9. The summed E-state index contributed by atoms with van der Waals surface area (Å²) in [5, 5.41) is 18.5. The van der Waals surface area contributed by atoms with E-state index < -0.39 is 11.9 Å². The zero-order valence-corrected chi connectivity index (χ0v) is 10.3. The first kappa shape index (κ1) is 12.6. The van der Waals surface area contributed by atoms with Gasteiger partial charge in [0.1, 0.15) is 5.69 Å². The van der Waals surface area contributed by atoms with E-state index in [0.717, 1.165) is 18.5 Å². The van der Waals surface area contributed by atoms with Crippen LogP contribution >= 0.6 is 0 Å². The largest absolute Gasteiger partial charge is 0.481 e. The summed E-state index contributed by atoms with van der Waals surface area (Å²) < 4.78 is 0. The highest BCUT2D eigenvalue weighted by Crippen LogP contribution is 2.26. The van der Waals surface area contributed by atoms with Gasteiger partial charge in [-0.15, -0.1) is 0 Å². The molecule has 1 saturated carbocycles. The number of nitrogens with one attached hydrogen (secondary N) is 2. The standard InChI is InChI=1S/C12H17N3O3/c1-2-7-6-10(15-14-7)11(16)13-9-5-3-4-8(9)12(17)18/h6,8-9H,2-5H2,1H3,(H,13,16)(H,14,15)(H,17,18)/t8-,9+/m0/s1. The molecule has 0 bridgehead atoms. The lowest BCUT2D eigenvalue weighted by Gasteiger charge is -2.16. The molecule has 18 heavy (non-hydrogen) atoms. The van der Waals surface area contributed by atoms with Gasteiger partial charge in [0.05, 0.1) is 5.92 Å². The van der Waals surface area contributed by atoms with Crippen molar-refractivity contribution in [2.75, 3.05) is 0 Å². The van der Waals surface area contributed by atoms with Crippen molar-refractivity contribution in [1.82, 2.24) is 15.5 Å². The average molecular weight is 251 g/mol. The van der Waals surface area contributed by atoms with Crippen LogP contribution in [0.1, 0.15) is 42.4 Å². The monoisotopic (exact) mass is 251 g/mol. The number of carboxylic acid groups (broad SMARTS) is 1. The molecule has 3 N–H and O–H groups in total. The molecule has 1 aromatic rings. The number of H-pyrrole nitrogens is 1. The molecule has 0 spiro atoms. The van der Waals surface area contributed by atoms with Gasteiger partial charge < -0.3 is 10.4 Å². The van der Waals surface area contributed by atoms with Gasteiger partial charge >= 0.3 is 5.97 Å². The van der Waals surface area contributed by atoms with E-state index in [1.54, 1.807) is 6.07 Å². The summed E-state index contributed by atoms with van der Waals surface area (Å²) in [4.78, 5) is 22.9. The SMILES string of the molecule is CCc1cc(C(=O)N[C@@H]2CCC[C@@H]2C(=O)O)n[nH]1. The molecule has 0 aliphatic heterocycles. The maximum atomic E-state index is 11.9. The second-order valence-corrected chi connectivity index (χ2v) is 4.59. The molecule has 2 atom stereocenters. The summed E-state index contributed by atoms with van der Waals surface area (Å²) in [6, 6.07) is 1.41. The van der Waals surface area contributed by atoms with Crippen LogP contribution in [0.25, 0.3) is 0 Å². The molecule has 1 fully saturated rings. The van der Waals surface area contributed by atoms with Crippen LogP contribution in [0.15, 0.2) is 6.07 Å². The Balaban J connectivity index is 2.00. The molecule has 98 valence electrons. The fraction of sp³-hybridized carbons (Fsp3) is 0.583. The molecule has 6 heteroatoms. The number of hydrogen-bond donors (Lipinski definition) is 3. The number of aromatic amines is 1. The van der Waals surface area contributed by atoms with Gasteiger partial charge in [0.15, 0.2) is 0 Å². The Morgan fingerprint density at radius 2 is 2.33 bits per heavy atom. The van der Waals surface area contributed by atoms with Crippen molar-refractivity contribution < 1.29 is 14.7 Å². The van der Waals surface area contributed by atoms with E-state index >= 15 is 0 Å². The number of rotatable bonds is 4. The van der Waals surface area contributed by atoms with Crippen LogP contribution in [0.2, 0.25) is 0 Å². The first-order chi connectivity index (χ1) is 8.61. The Morgan fingerprint density at radius 1 is 1.56 bits per heavy atom. The van der Waals surface area contributed by atoms with E-state index in [0.29, 0.717) is 18.5 Å². The Kier molecular flexibility index (Phi) is 3.64. The molecule has 0 radical (unpaired) electrons. The molecule has 1 amide bonds. The summed E-state index contributed by atoms with van der Waals surface area (Å²) in [5.74, 6) is -1.61. The van der Waals surface area contributed by atoms with Crippen LogP contribution in [0.3, 0.4) is 0 Å². The van der Waals surface area contributed by atoms with E-state index in [2.05, 4.69) is 15.5 Å². The number of hydrogen-bond acceptors (Lipinski definition) is 3. The number of amides is 1. The van der Waals surface area contributed by atoms with Crippen molar-refractivity contribution in [2.45, 2.75) is 38.6 Å². The minimum atomic E-state index is -0.839. The molecule has 6 nitrogen and oxygen atoms in total. The van der Waals surface area contributed by atoms with Crippen LogP contribution in [0, 0.1) is 5.92 Å². The van der Waals surface area contributed by atoms with Gasteiger partial charge in [-0.05, 0) is 25.3 Å². The van der Waals surface area contributed by atoms with E-state index in [4.69, 9.17) is 5.11 Å². The summed E-state index contributed by atoms with van der Waals surface area (Å²) in [5.41, 5.74) is 1.21. The molecule has 1 aliphatic carbocycles. The van der Waals surface area contributed by atoms with E-state index in [1.165, 1.54) is 0 Å². The predicted octanol–water partition coefficient (Wildman–Crippen LogP) is 0.955. The van der Waals surface area contributed by atoms with Crippen LogP contribution in [-0.4, -0.2) is 33.2 Å². The number of nitrogens with zero attached hydrogens (tertiary/aromatic N) is 1. The van der Waals surface area contributed by atoms with Crippen molar-refractivity contribution in [1.29, 1.82) is 0 Å². The van der Waals surface area contributed by atoms with Gasteiger partial charge in [0.2, 0.25) is 0 Å². The molecule has 1 heterocycles. The quantitative estimate of drug-likeness (QED) is 0.742. The van der Waals surface area contributed by atoms with Gasteiger partial charge in [-0.1, -0.05) is 13.3 Å². The number of carbonyl (C=O) groups excluding carboxylic acids is 1. The number of aryl methyl sites for hydroxylation is 1.